The molecule has 0 aromatic rings. The molecule has 2 atom stereocenters. The van der Waals surface area contributed by atoms with Gasteiger partial charge in [0.1, 0.15) is 5.78 Å². The summed E-state index contributed by atoms with van der Waals surface area (Å²) < 4.78 is 0. The molecule has 0 amide bonds. The Hall–Kier alpha value is -0.0200. The van der Waals surface area contributed by atoms with E-state index in [-0.39, 0.29) is 0 Å². The SMILES string of the molecule is CC(C)SCCN1CCCCC1C1CCCCC1=O. The van der Waals surface area contributed by atoms with Crippen molar-refractivity contribution in [3.63, 3.8) is 0 Å². The third-order valence-corrected chi connectivity index (χ3v) is 5.65. The second-order valence-electron chi connectivity index (χ2n) is 6.34. The lowest BCUT2D eigenvalue weighted by molar-refractivity contribution is -0.127. The molecule has 2 rings (SSSR count). The Morgan fingerprint density at radius 1 is 1.21 bits per heavy atom. The van der Waals surface area contributed by atoms with Gasteiger partial charge in [0.15, 0.2) is 0 Å². The quantitative estimate of drug-likeness (QED) is 0.766. The van der Waals surface area contributed by atoms with Gasteiger partial charge in [0.2, 0.25) is 0 Å². The molecular weight excluding hydrogens is 254 g/mol. The van der Waals surface area contributed by atoms with Gasteiger partial charge in [0, 0.05) is 30.7 Å². The first-order chi connectivity index (χ1) is 9.18. The summed E-state index contributed by atoms with van der Waals surface area (Å²) in [5.74, 6) is 2.13. The van der Waals surface area contributed by atoms with Crippen LogP contribution in [-0.4, -0.2) is 40.8 Å². The maximum Gasteiger partial charge on any atom is 0.137 e. The van der Waals surface area contributed by atoms with Crippen LogP contribution in [0.4, 0.5) is 0 Å². The van der Waals surface area contributed by atoms with Crippen molar-refractivity contribution in [2.75, 3.05) is 18.8 Å². The predicted octanol–water partition coefficient (Wildman–Crippen LogP) is 3.74. The van der Waals surface area contributed by atoms with E-state index in [4.69, 9.17) is 0 Å². The van der Waals surface area contributed by atoms with Gasteiger partial charge in [-0.3, -0.25) is 9.69 Å². The summed E-state index contributed by atoms with van der Waals surface area (Å²) >= 11 is 2.05. The molecule has 2 unspecified atom stereocenters. The summed E-state index contributed by atoms with van der Waals surface area (Å²) in [6, 6.07) is 0.564. The molecular formula is C16H29NOS. The number of thioether (sulfide) groups is 1. The number of rotatable bonds is 5. The number of carbonyl (C=O) groups excluding carboxylic acids is 1. The molecule has 1 aliphatic heterocycles. The first-order valence-corrected chi connectivity index (χ1v) is 9.11. The number of piperidine rings is 1. The van der Waals surface area contributed by atoms with Gasteiger partial charge in [-0.15, -0.1) is 0 Å². The van der Waals surface area contributed by atoms with Crippen molar-refractivity contribution >= 4 is 17.5 Å². The van der Waals surface area contributed by atoms with E-state index in [1.54, 1.807) is 0 Å². The van der Waals surface area contributed by atoms with E-state index in [9.17, 15) is 4.79 Å². The minimum Gasteiger partial charge on any atom is -0.299 e. The van der Waals surface area contributed by atoms with Crippen molar-refractivity contribution < 1.29 is 4.79 Å². The lowest BCUT2D eigenvalue weighted by Crippen LogP contribution is -2.48. The molecule has 1 aliphatic carbocycles. The number of ketones is 1. The van der Waals surface area contributed by atoms with Crippen molar-refractivity contribution in [3.8, 4) is 0 Å². The van der Waals surface area contributed by atoms with Crippen LogP contribution in [0.2, 0.25) is 0 Å². The molecule has 2 fully saturated rings. The van der Waals surface area contributed by atoms with Gasteiger partial charge in [-0.05, 0) is 37.5 Å². The normalized spacial score (nSPS) is 29.9. The highest BCUT2D eigenvalue weighted by Gasteiger charge is 2.34. The number of carbonyl (C=O) groups is 1. The largest absolute Gasteiger partial charge is 0.299 e. The van der Waals surface area contributed by atoms with Gasteiger partial charge in [-0.2, -0.15) is 11.8 Å². The van der Waals surface area contributed by atoms with Crippen LogP contribution < -0.4 is 0 Å². The smallest absolute Gasteiger partial charge is 0.137 e. The molecule has 19 heavy (non-hydrogen) atoms. The molecule has 0 spiro atoms. The summed E-state index contributed by atoms with van der Waals surface area (Å²) in [5.41, 5.74) is 0. The highest BCUT2D eigenvalue weighted by atomic mass is 32.2. The highest BCUT2D eigenvalue weighted by Crippen LogP contribution is 2.31. The number of hydrogen-bond acceptors (Lipinski definition) is 3. The van der Waals surface area contributed by atoms with E-state index < -0.39 is 0 Å². The van der Waals surface area contributed by atoms with Gasteiger partial charge < -0.3 is 0 Å². The molecule has 2 aliphatic rings. The molecule has 3 heteroatoms. The van der Waals surface area contributed by atoms with Crippen LogP contribution in [0.5, 0.6) is 0 Å². The summed E-state index contributed by atoms with van der Waals surface area (Å²) in [4.78, 5) is 14.8. The zero-order chi connectivity index (χ0) is 13.7. The van der Waals surface area contributed by atoms with Crippen molar-refractivity contribution in [3.05, 3.63) is 0 Å². The third kappa shape index (κ3) is 4.49. The molecule has 0 N–H and O–H groups in total. The maximum absolute atomic E-state index is 12.2. The van der Waals surface area contributed by atoms with E-state index >= 15 is 0 Å². The maximum atomic E-state index is 12.2. The van der Waals surface area contributed by atoms with Crippen LogP contribution in [0.1, 0.15) is 58.8 Å². The lowest BCUT2D eigenvalue weighted by Gasteiger charge is -2.41. The third-order valence-electron chi connectivity index (χ3n) is 4.56. The van der Waals surface area contributed by atoms with Crippen LogP contribution in [0.15, 0.2) is 0 Å². The average Bonchev–Trinajstić information content (AvgIpc) is 2.40. The fraction of sp³-hybridized carbons (Fsp3) is 0.938. The lowest BCUT2D eigenvalue weighted by atomic mass is 9.79. The molecule has 110 valence electrons. The number of nitrogens with zero attached hydrogens (tertiary/aromatic N) is 1. The van der Waals surface area contributed by atoms with E-state index in [2.05, 4.69) is 18.7 Å². The highest BCUT2D eigenvalue weighted by molar-refractivity contribution is 7.99. The molecule has 1 saturated carbocycles. The molecule has 0 aromatic carbocycles. The molecule has 0 aromatic heterocycles. The van der Waals surface area contributed by atoms with E-state index in [0.29, 0.717) is 17.7 Å². The topological polar surface area (TPSA) is 20.3 Å². The van der Waals surface area contributed by atoms with Crippen molar-refractivity contribution in [2.24, 2.45) is 5.92 Å². The Labute approximate surface area is 122 Å². The van der Waals surface area contributed by atoms with Crippen LogP contribution in [0.25, 0.3) is 0 Å². The van der Waals surface area contributed by atoms with Gasteiger partial charge in [0.05, 0.1) is 0 Å². The van der Waals surface area contributed by atoms with Gasteiger partial charge in [-0.1, -0.05) is 26.7 Å². The molecule has 1 heterocycles. The van der Waals surface area contributed by atoms with E-state index in [0.717, 1.165) is 24.5 Å². The average molecular weight is 283 g/mol. The van der Waals surface area contributed by atoms with Gasteiger partial charge in [-0.25, -0.2) is 0 Å². The fourth-order valence-corrected chi connectivity index (χ4v) is 4.38. The zero-order valence-corrected chi connectivity index (χ0v) is 13.4. The monoisotopic (exact) mass is 283 g/mol. The first kappa shape index (κ1) is 15.4. The Morgan fingerprint density at radius 2 is 2.00 bits per heavy atom. The molecule has 0 radical (unpaired) electrons. The van der Waals surface area contributed by atoms with E-state index in [1.807, 2.05) is 11.8 Å². The minimum atomic E-state index is 0.359. The molecule has 0 bridgehead atoms. The van der Waals surface area contributed by atoms with Crippen molar-refractivity contribution in [1.29, 1.82) is 0 Å². The molecule has 1 saturated heterocycles. The Bertz CT molecular complexity index is 292. The van der Waals surface area contributed by atoms with Crippen LogP contribution >= 0.6 is 11.8 Å². The van der Waals surface area contributed by atoms with Crippen molar-refractivity contribution in [1.82, 2.24) is 4.90 Å². The fourth-order valence-electron chi connectivity index (χ4n) is 3.57. The van der Waals surface area contributed by atoms with Gasteiger partial charge in [0.25, 0.3) is 0 Å². The zero-order valence-electron chi connectivity index (χ0n) is 12.6. The second kappa shape index (κ2) is 7.68. The molecule has 2 nitrogen and oxygen atoms in total. The minimum absolute atomic E-state index is 0.359. The Morgan fingerprint density at radius 3 is 2.74 bits per heavy atom. The standard InChI is InChI=1S/C16H29NOS/c1-13(2)19-12-11-17-10-6-5-8-15(17)14-7-3-4-9-16(14)18/h13-15H,3-12H2,1-2H3. The number of Topliss-reactive ketones (excluding diaryl/α,β-unsaturated/α-hetero) is 1. The van der Waals surface area contributed by atoms with Crippen LogP contribution in [0, 0.1) is 5.92 Å². The Kier molecular flexibility index (Phi) is 6.21. The summed E-state index contributed by atoms with van der Waals surface area (Å²) in [6.45, 7) is 6.93. The van der Waals surface area contributed by atoms with Crippen LogP contribution in [0.3, 0.4) is 0 Å². The van der Waals surface area contributed by atoms with Crippen LogP contribution in [-0.2, 0) is 4.79 Å². The first-order valence-electron chi connectivity index (χ1n) is 8.07. The predicted molar refractivity (Wildman–Crippen MR) is 83.8 cm³/mol. The van der Waals surface area contributed by atoms with Gasteiger partial charge >= 0.3 is 0 Å². The van der Waals surface area contributed by atoms with E-state index in [1.165, 1.54) is 44.5 Å². The number of likely N-dealkylation sites (tertiary alicyclic amines) is 1. The summed E-state index contributed by atoms with van der Waals surface area (Å²) in [7, 11) is 0. The summed E-state index contributed by atoms with van der Waals surface area (Å²) in [6.07, 6.45) is 8.29. The Balaban J connectivity index is 1.89. The number of hydrogen-bond donors (Lipinski definition) is 0. The second-order valence-corrected chi connectivity index (χ2v) is 8.02. The van der Waals surface area contributed by atoms with Crippen molar-refractivity contribution in [2.45, 2.75) is 70.1 Å². The summed E-state index contributed by atoms with van der Waals surface area (Å²) in [5, 5.41) is 0.722.